The van der Waals surface area contributed by atoms with Gasteiger partial charge in [-0.2, -0.15) is 0 Å². The molecule has 0 aliphatic carbocycles. The summed E-state index contributed by atoms with van der Waals surface area (Å²) in [7, 11) is 1.33. The van der Waals surface area contributed by atoms with Crippen molar-refractivity contribution in [2.45, 2.75) is 19.1 Å². The van der Waals surface area contributed by atoms with E-state index < -0.39 is 12.1 Å². The van der Waals surface area contributed by atoms with Crippen LogP contribution in [0.25, 0.3) is 0 Å². The zero-order valence-electron chi connectivity index (χ0n) is 9.81. The van der Waals surface area contributed by atoms with E-state index in [1.807, 2.05) is 0 Å². The highest BCUT2D eigenvalue weighted by atomic mass is 35.5. The SMILES string of the molecule is COC(=O)C(C)NCC(O)c1ccc(Cl)cc1. The molecule has 2 unspecified atom stereocenters. The van der Waals surface area contributed by atoms with E-state index >= 15 is 0 Å². The van der Waals surface area contributed by atoms with Gasteiger partial charge in [-0.15, -0.1) is 0 Å². The standard InChI is InChI=1S/C12H16ClNO3/c1-8(12(16)17-2)14-7-11(15)9-3-5-10(13)6-4-9/h3-6,8,11,14-15H,7H2,1-2H3. The predicted molar refractivity (Wildman–Crippen MR) is 65.9 cm³/mol. The molecule has 0 amide bonds. The minimum Gasteiger partial charge on any atom is -0.468 e. The van der Waals surface area contributed by atoms with Gasteiger partial charge in [0, 0.05) is 11.6 Å². The van der Waals surface area contributed by atoms with Crippen LogP contribution in [0.3, 0.4) is 0 Å². The van der Waals surface area contributed by atoms with E-state index in [4.69, 9.17) is 11.6 Å². The van der Waals surface area contributed by atoms with Crippen molar-refractivity contribution in [1.29, 1.82) is 0 Å². The molecule has 5 heteroatoms. The van der Waals surface area contributed by atoms with Gasteiger partial charge in [0.05, 0.1) is 13.2 Å². The summed E-state index contributed by atoms with van der Waals surface area (Å²) >= 11 is 5.75. The maximum absolute atomic E-state index is 11.1. The molecule has 0 saturated carbocycles. The molecule has 1 aromatic rings. The summed E-state index contributed by atoms with van der Waals surface area (Å²) in [6.07, 6.45) is -0.681. The minimum atomic E-state index is -0.681. The summed E-state index contributed by atoms with van der Waals surface area (Å²) in [5.74, 6) is -0.353. The van der Waals surface area contributed by atoms with Crippen LogP contribution in [-0.4, -0.2) is 30.8 Å². The summed E-state index contributed by atoms with van der Waals surface area (Å²) in [6, 6.07) is 6.48. The monoisotopic (exact) mass is 257 g/mol. The molecule has 17 heavy (non-hydrogen) atoms. The topological polar surface area (TPSA) is 58.6 Å². The first-order valence-electron chi connectivity index (χ1n) is 5.29. The average Bonchev–Trinajstić information content (AvgIpc) is 2.35. The Morgan fingerprint density at radius 3 is 2.59 bits per heavy atom. The molecule has 0 aliphatic heterocycles. The second-order valence-corrected chi connectivity index (χ2v) is 4.16. The number of carbonyl (C=O) groups is 1. The number of hydrogen-bond acceptors (Lipinski definition) is 4. The number of aliphatic hydroxyl groups is 1. The molecule has 0 fully saturated rings. The van der Waals surface area contributed by atoms with Gasteiger partial charge in [0.15, 0.2) is 0 Å². The van der Waals surface area contributed by atoms with E-state index in [1.54, 1.807) is 31.2 Å². The second-order valence-electron chi connectivity index (χ2n) is 3.72. The molecule has 0 radical (unpaired) electrons. The molecule has 0 saturated heterocycles. The largest absolute Gasteiger partial charge is 0.468 e. The Balaban J connectivity index is 2.47. The molecule has 0 aliphatic rings. The summed E-state index contributed by atoms with van der Waals surface area (Å²) < 4.78 is 4.57. The molecule has 2 N–H and O–H groups in total. The molecule has 0 spiro atoms. The summed E-state index contributed by atoms with van der Waals surface area (Å²) in [6.45, 7) is 1.96. The number of carbonyl (C=O) groups excluding carboxylic acids is 1. The lowest BCUT2D eigenvalue weighted by Crippen LogP contribution is -2.37. The van der Waals surface area contributed by atoms with Crippen LogP contribution in [0.2, 0.25) is 5.02 Å². The zero-order valence-corrected chi connectivity index (χ0v) is 10.6. The fourth-order valence-corrected chi connectivity index (χ4v) is 1.48. The van der Waals surface area contributed by atoms with Crippen LogP contribution in [0.15, 0.2) is 24.3 Å². The number of halogens is 1. The highest BCUT2D eigenvalue weighted by Crippen LogP contribution is 2.15. The van der Waals surface area contributed by atoms with Crippen molar-refractivity contribution in [3.63, 3.8) is 0 Å². The molecule has 1 rings (SSSR count). The van der Waals surface area contributed by atoms with E-state index in [-0.39, 0.29) is 12.5 Å². The lowest BCUT2D eigenvalue weighted by Gasteiger charge is -2.15. The van der Waals surface area contributed by atoms with Crippen LogP contribution in [0.4, 0.5) is 0 Å². The average molecular weight is 258 g/mol. The Morgan fingerprint density at radius 2 is 2.06 bits per heavy atom. The van der Waals surface area contributed by atoms with Gasteiger partial charge in [-0.1, -0.05) is 23.7 Å². The van der Waals surface area contributed by atoms with Gasteiger partial charge in [-0.25, -0.2) is 0 Å². The van der Waals surface area contributed by atoms with Crippen LogP contribution in [-0.2, 0) is 9.53 Å². The Kier molecular flexibility index (Phi) is 5.41. The van der Waals surface area contributed by atoms with Gasteiger partial charge in [0.25, 0.3) is 0 Å². The predicted octanol–water partition coefficient (Wildman–Crippen LogP) is 1.52. The molecule has 1 aromatic carbocycles. The Labute approximate surface area is 106 Å². The number of aliphatic hydroxyl groups excluding tert-OH is 1. The number of ether oxygens (including phenoxy) is 1. The third-order valence-electron chi connectivity index (χ3n) is 2.43. The van der Waals surface area contributed by atoms with Crippen molar-refractivity contribution < 1.29 is 14.6 Å². The van der Waals surface area contributed by atoms with Crippen molar-refractivity contribution in [3.05, 3.63) is 34.9 Å². The molecule has 0 bridgehead atoms. The maximum atomic E-state index is 11.1. The molecule has 4 nitrogen and oxygen atoms in total. The highest BCUT2D eigenvalue weighted by Gasteiger charge is 2.14. The fourth-order valence-electron chi connectivity index (χ4n) is 1.35. The maximum Gasteiger partial charge on any atom is 0.322 e. The number of nitrogens with one attached hydrogen (secondary N) is 1. The Morgan fingerprint density at radius 1 is 1.47 bits per heavy atom. The number of methoxy groups -OCH3 is 1. The van der Waals surface area contributed by atoms with Gasteiger partial charge >= 0.3 is 5.97 Å². The van der Waals surface area contributed by atoms with Crippen LogP contribution in [0.5, 0.6) is 0 Å². The molecular weight excluding hydrogens is 242 g/mol. The molecular formula is C12H16ClNO3. The highest BCUT2D eigenvalue weighted by molar-refractivity contribution is 6.30. The van der Waals surface area contributed by atoms with Gasteiger partial charge in [-0.3, -0.25) is 4.79 Å². The number of esters is 1. The van der Waals surface area contributed by atoms with Crippen LogP contribution in [0.1, 0.15) is 18.6 Å². The van der Waals surface area contributed by atoms with E-state index in [0.29, 0.717) is 5.02 Å². The first-order valence-corrected chi connectivity index (χ1v) is 5.67. The van der Waals surface area contributed by atoms with E-state index in [9.17, 15) is 9.90 Å². The van der Waals surface area contributed by atoms with E-state index in [2.05, 4.69) is 10.1 Å². The van der Waals surface area contributed by atoms with Crippen LogP contribution in [0, 0.1) is 0 Å². The van der Waals surface area contributed by atoms with Crippen molar-refractivity contribution >= 4 is 17.6 Å². The molecule has 2 atom stereocenters. The van der Waals surface area contributed by atoms with Crippen LogP contribution >= 0.6 is 11.6 Å². The van der Waals surface area contributed by atoms with Crippen LogP contribution < -0.4 is 5.32 Å². The lowest BCUT2D eigenvalue weighted by molar-refractivity contribution is -0.142. The number of rotatable bonds is 5. The van der Waals surface area contributed by atoms with Crippen molar-refractivity contribution in [1.82, 2.24) is 5.32 Å². The zero-order chi connectivity index (χ0) is 12.8. The van der Waals surface area contributed by atoms with E-state index in [1.165, 1.54) is 7.11 Å². The first kappa shape index (κ1) is 14.0. The third kappa shape index (κ3) is 4.34. The molecule has 0 heterocycles. The van der Waals surface area contributed by atoms with Gasteiger partial charge < -0.3 is 15.2 Å². The summed E-state index contributed by atoms with van der Waals surface area (Å²) in [4.78, 5) is 11.1. The third-order valence-corrected chi connectivity index (χ3v) is 2.68. The van der Waals surface area contributed by atoms with Crippen molar-refractivity contribution in [2.75, 3.05) is 13.7 Å². The quantitative estimate of drug-likeness (QED) is 0.786. The number of benzene rings is 1. The normalized spacial score (nSPS) is 14.1. The Hall–Kier alpha value is -1.10. The fraction of sp³-hybridized carbons (Fsp3) is 0.417. The lowest BCUT2D eigenvalue weighted by atomic mass is 10.1. The van der Waals surface area contributed by atoms with Gasteiger partial charge in [0.2, 0.25) is 0 Å². The van der Waals surface area contributed by atoms with Gasteiger partial charge in [0.1, 0.15) is 6.04 Å². The van der Waals surface area contributed by atoms with Crippen molar-refractivity contribution in [2.24, 2.45) is 0 Å². The van der Waals surface area contributed by atoms with Crippen molar-refractivity contribution in [3.8, 4) is 0 Å². The summed E-state index contributed by atoms with van der Waals surface area (Å²) in [5.41, 5.74) is 0.749. The van der Waals surface area contributed by atoms with Gasteiger partial charge in [-0.05, 0) is 24.6 Å². The summed E-state index contributed by atoms with van der Waals surface area (Å²) in [5, 5.41) is 13.4. The Bertz CT molecular complexity index is 367. The second kappa shape index (κ2) is 6.59. The molecule has 0 aromatic heterocycles. The minimum absolute atomic E-state index is 0.276. The smallest absolute Gasteiger partial charge is 0.322 e. The molecule has 94 valence electrons. The van der Waals surface area contributed by atoms with E-state index in [0.717, 1.165) is 5.56 Å². The number of hydrogen-bond donors (Lipinski definition) is 2. The first-order chi connectivity index (χ1) is 8.04.